The molecule has 0 aliphatic rings. The minimum atomic E-state index is -0.410. The molecule has 0 unspecified atom stereocenters. The van der Waals surface area contributed by atoms with Gasteiger partial charge in [0, 0.05) is 23.0 Å². The van der Waals surface area contributed by atoms with Gasteiger partial charge in [-0.15, -0.1) is 12.6 Å². The Morgan fingerprint density at radius 3 is 2.56 bits per heavy atom. The first-order valence-electron chi connectivity index (χ1n) is 5.26. The Hall–Kier alpha value is -1.03. The van der Waals surface area contributed by atoms with E-state index in [2.05, 4.69) is 12.6 Å². The number of nitrogens with zero attached hydrogens (tertiary/aromatic N) is 1. The van der Waals surface area contributed by atoms with E-state index in [1.807, 2.05) is 20.8 Å². The molecular formula is C12H16FNOS. The number of rotatable bonds is 3. The van der Waals surface area contributed by atoms with Gasteiger partial charge in [0.15, 0.2) is 0 Å². The third kappa shape index (κ3) is 2.76. The minimum Gasteiger partial charge on any atom is -0.337 e. The zero-order valence-electron chi connectivity index (χ0n) is 9.70. The molecule has 1 rings (SSSR count). The van der Waals surface area contributed by atoms with Crippen molar-refractivity contribution in [2.45, 2.75) is 31.7 Å². The maximum absolute atomic E-state index is 13.0. The lowest BCUT2D eigenvalue weighted by Gasteiger charge is -2.25. The van der Waals surface area contributed by atoms with Crippen LogP contribution in [-0.2, 0) is 0 Å². The van der Waals surface area contributed by atoms with Crippen molar-refractivity contribution in [3.05, 3.63) is 29.6 Å². The van der Waals surface area contributed by atoms with Gasteiger partial charge in [0.1, 0.15) is 5.82 Å². The van der Waals surface area contributed by atoms with Gasteiger partial charge in [-0.25, -0.2) is 4.39 Å². The van der Waals surface area contributed by atoms with Crippen LogP contribution in [0.25, 0.3) is 0 Å². The van der Waals surface area contributed by atoms with Gasteiger partial charge in [-0.2, -0.15) is 0 Å². The highest BCUT2D eigenvalue weighted by molar-refractivity contribution is 7.80. The lowest BCUT2D eigenvalue weighted by Crippen LogP contribution is -2.36. The summed E-state index contributed by atoms with van der Waals surface area (Å²) < 4.78 is 13.0. The van der Waals surface area contributed by atoms with Crippen molar-refractivity contribution in [2.75, 3.05) is 6.54 Å². The highest BCUT2D eigenvalue weighted by Crippen LogP contribution is 2.16. The molecule has 0 atom stereocenters. The van der Waals surface area contributed by atoms with Crippen molar-refractivity contribution < 1.29 is 9.18 Å². The van der Waals surface area contributed by atoms with Crippen LogP contribution in [0.15, 0.2) is 23.1 Å². The van der Waals surface area contributed by atoms with Gasteiger partial charge in [-0.3, -0.25) is 4.79 Å². The Balaban J connectivity index is 2.99. The van der Waals surface area contributed by atoms with Gasteiger partial charge in [0.05, 0.1) is 0 Å². The summed E-state index contributed by atoms with van der Waals surface area (Å²) in [5.41, 5.74) is 0.474. The fraction of sp³-hybridized carbons (Fsp3) is 0.417. The number of carbonyl (C=O) groups excluding carboxylic acids is 1. The standard InChI is InChI=1S/C12H16FNOS/c1-4-14(8(2)3)12(15)9-5-6-10(13)11(16)7-9/h5-8,16H,4H2,1-3H3. The second kappa shape index (κ2) is 5.34. The normalized spacial score (nSPS) is 10.6. The number of benzene rings is 1. The summed E-state index contributed by atoms with van der Waals surface area (Å²) in [5, 5.41) is 0. The van der Waals surface area contributed by atoms with Crippen molar-refractivity contribution in [1.29, 1.82) is 0 Å². The molecule has 16 heavy (non-hydrogen) atoms. The molecular weight excluding hydrogens is 225 g/mol. The van der Waals surface area contributed by atoms with Crippen LogP contribution in [0, 0.1) is 5.82 Å². The van der Waals surface area contributed by atoms with E-state index in [0.717, 1.165) is 0 Å². The van der Waals surface area contributed by atoms with Crippen molar-refractivity contribution in [3.8, 4) is 0 Å². The summed E-state index contributed by atoms with van der Waals surface area (Å²) >= 11 is 3.97. The second-order valence-corrected chi connectivity index (χ2v) is 4.33. The Labute approximate surface area is 101 Å². The van der Waals surface area contributed by atoms with E-state index in [1.54, 1.807) is 4.90 Å². The van der Waals surface area contributed by atoms with Gasteiger partial charge in [-0.1, -0.05) is 0 Å². The maximum atomic E-state index is 13.0. The van der Waals surface area contributed by atoms with E-state index in [4.69, 9.17) is 0 Å². The summed E-state index contributed by atoms with van der Waals surface area (Å²) in [5.74, 6) is -0.500. The zero-order valence-corrected chi connectivity index (χ0v) is 10.6. The van der Waals surface area contributed by atoms with E-state index in [9.17, 15) is 9.18 Å². The third-order valence-electron chi connectivity index (χ3n) is 2.42. The number of halogens is 1. The van der Waals surface area contributed by atoms with E-state index in [-0.39, 0.29) is 16.8 Å². The summed E-state index contributed by atoms with van der Waals surface area (Å²) in [6, 6.07) is 4.35. The molecule has 0 fully saturated rings. The molecule has 0 saturated carbocycles. The summed E-state index contributed by atoms with van der Waals surface area (Å²) in [7, 11) is 0. The van der Waals surface area contributed by atoms with Crippen LogP contribution >= 0.6 is 12.6 Å². The molecule has 0 aliphatic carbocycles. The summed E-state index contributed by atoms with van der Waals surface area (Å²) in [6.45, 7) is 6.46. The molecule has 1 aromatic rings. The number of hydrogen-bond acceptors (Lipinski definition) is 2. The average Bonchev–Trinajstić information content (AvgIpc) is 2.22. The molecule has 0 aromatic heterocycles. The summed E-state index contributed by atoms with van der Waals surface area (Å²) in [4.78, 5) is 14.0. The van der Waals surface area contributed by atoms with E-state index in [0.29, 0.717) is 12.1 Å². The Bertz CT molecular complexity index is 393. The smallest absolute Gasteiger partial charge is 0.254 e. The van der Waals surface area contributed by atoms with Crippen LogP contribution in [0.3, 0.4) is 0 Å². The largest absolute Gasteiger partial charge is 0.337 e. The highest BCUT2D eigenvalue weighted by Gasteiger charge is 2.17. The predicted molar refractivity (Wildman–Crippen MR) is 65.5 cm³/mol. The number of amides is 1. The monoisotopic (exact) mass is 241 g/mol. The average molecular weight is 241 g/mol. The molecule has 1 aromatic carbocycles. The van der Waals surface area contributed by atoms with Gasteiger partial charge >= 0.3 is 0 Å². The first-order valence-corrected chi connectivity index (χ1v) is 5.71. The zero-order chi connectivity index (χ0) is 12.3. The Morgan fingerprint density at radius 1 is 1.50 bits per heavy atom. The van der Waals surface area contributed by atoms with Crippen LogP contribution in [0.1, 0.15) is 31.1 Å². The predicted octanol–water partition coefficient (Wildman–Crippen LogP) is 2.98. The van der Waals surface area contributed by atoms with Crippen molar-refractivity contribution in [2.24, 2.45) is 0 Å². The van der Waals surface area contributed by atoms with E-state index >= 15 is 0 Å². The molecule has 0 radical (unpaired) electrons. The molecule has 4 heteroatoms. The van der Waals surface area contributed by atoms with Gasteiger partial charge in [0.25, 0.3) is 5.91 Å². The molecule has 0 saturated heterocycles. The highest BCUT2D eigenvalue weighted by atomic mass is 32.1. The topological polar surface area (TPSA) is 20.3 Å². The first kappa shape index (κ1) is 13.0. The molecule has 0 bridgehead atoms. The molecule has 0 aliphatic heterocycles. The van der Waals surface area contributed by atoms with Gasteiger partial charge in [-0.05, 0) is 39.0 Å². The molecule has 88 valence electrons. The quantitative estimate of drug-likeness (QED) is 0.807. The van der Waals surface area contributed by atoms with E-state index in [1.165, 1.54) is 18.2 Å². The van der Waals surface area contributed by atoms with Crippen LogP contribution in [0.4, 0.5) is 4.39 Å². The van der Waals surface area contributed by atoms with Crippen LogP contribution < -0.4 is 0 Å². The lowest BCUT2D eigenvalue weighted by atomic mass is 10.1. The molecule has 0 N–H and O–H groups in total. The number of hydrogen-bond donors (Lipinski definition) is 1. The Morgan fingerprint density at radius 2 is 2.12 bits per heavy atom. The molecule has 0 heterocycles. The second-order valence-electron chi connectivity index (χ2n) is 3.85. The fourth-order valence-corrected chi connectivity index (χ4v) is 1.77. The van der Waals surface area contributed by atoms with Crippen molar-refractivity contribution in [3.63, 3.8) is 0 Å². The van der Waals surface area contributed by atoms with Gasteiger partial charge in [0.2, 0.25) is 0 Å². The minimum absolute atomic E-state index is 0.0900. The number of thiol groups is 1. The number of carbonyl (C=O) groups is 1. The maximum Gasteiger partial charge on any atom is 0.254 e. The van der Waals surface area contributed by atoms with E-state index < -0.39 is 5.82 Å². The summed E-state index contributed by atoms with van der Waals surface area (Å²) in [6.07, 6.45) is 0. The molecule has 2 nitrogen and oxygen atoms in total. The Kier molecular flexibility index (Phi) is 4.35. The first-order chi connectivity index (χ1) is 7.47. The molecule has 0 spiro atoms. The van der Waals surface area contributed by atoms with Crippen molar-refractivity contribution in [1.82, 2.24) is 4.90 Å². The van der Waals surface area contributed by atoms with Crippen molar-refractivity contribution >= 4 is 18.5 Å². The van der Waals surface area contributed by atoms with Gasteiger partial charge < -0.3 is 4.90 Å². The van der Waals surface area contributed by atoms with Crippen LogP contribution in [-0.4, -0.2) is 23.4 Å². The SMILES string of the molecule is CCN(C(=O)c1ccc(F)c(S)c1)C(C)C. The molecule has 1 amide bonds. The third-order valence-corrected chi connectivity index (χ3v) is 2.76. The van der Waals surface area contributed by atoms with Crippen LogP contribution in [0.2, 0.25) is 0 Å². The lowest BCUT2D eigenvalue weighted by molar-refractivity contribution is 0.0716. The van der Waals surface area contributed by atoms with Crippen LogP contribution in [0.5, 0.6) is 0 Å². The fourth-order valence-electron chi connectivity index (χ4n) is 1.55.